The van der Waals surface area contributed by atoms with Gasteiger partial charge in [0, 0.05) is 18.9 Å². The molecule has 0 amide bonds. The Morgan fingerprint density at radius 3 is 2.52 bits per heavy atom. The molecule has 3 heteroatoms. The quantitative estimate of drug-likeness (QED) is 0.833. The van der Waals surface area contributed by atoms with E-state index in [1.54, 1.807) is 0 Å². The van der Waals surface area contributed by atoms with E-state index in [0.717, 1.165) is 32.5 Å². The van der Waals surface area contributed by atoms with Crippen LogP contribution in [0.25, 0.3) is 6.08 Å². The number of benzene rings is 1. The van der Waals surface area contributed by atoms with E-state index in [9.17, 15) is 0 Å². The molecular weight excluding hydrogens is 262 g/mol. The van der Waals surface area contributed by atoms with Gasteiger partial charge in [0.2, 0.25) is 0 Å². The smallest absolute Gasteiger partial charge is 0.172 e. The normalized spacial score (nSPS) is 30.7. The Bertz CT molecular complexity index is 515. The predicted octanol–water partition coefficient (Wildman–Crippen LogP) is 3.07. The van der Waals surface area contributed by atoms with Crippen LogP contribution in [0, 0.1) is 0 Å². The first kappa shape index (κ1) is 13.5. The van der Waals surface area contributed by atoms with E-state index in [0.29, 0.717) is 6.04 Å². The van der Waals surface area contributed by atoms with Crippen molar-refractivity contribution >= 4 is 6.08 Å². The van der Waals surface area contributed by atoms with Gasteiger partial charge in [-0.2, -0.15) is 0 Å². The Hall–Kier alpha value is -1.16. The van der Waals surface area contributed by atoms with Crippen LogP contribution in [0.2, 0.25) is 0 Å². The molecule has 1 aromatic rings. The molecule has 3 fully saturated rings. The fourth-order valence-corrected chi connectivity index (χ4v) is 3.78. The maximum atomic E-state index is 5.95. The van der Waals surface area contributed by atoms with Crippen LogP contribution in [-0.2, 0) is 9.47 Å². The Morgan fingerprint density at radius 2 is 1.86 bits per heavy atom. The molecule has 2 aliphatic heterocycles. The van der Waals surface area contributed by atoms with Crippen LogP contribution in [0.15, 0.2) is 35.9 Å². The lowest BCUT2D eigenvalue weighted by molar-refractivity contribution is -0.173. The summed E-state index contributed by atoms with van der Waals surface area (Å²) in [4.78, 5) is 2.61. The largest absolute Gasteiger partial charge is 0.347 e. The fraction of sp³-hybridized carbons (Fsp3) is 0.556. The summed E-state index contributed by atoms with van der Waals surface area (Å²) >= 11 is 0. The van der Waals surface area contributed by atoms with Crippen molar-refractivity contribution in [1.29, 1.82) is 0 Å². The molecule has 0 aromatic heterocycles. The molecule has 0 N–H and O–H groups in total. The van der Waals surface area contributed by atoms with Crippen molar-refractivity contribution < 1.29 is 9.47 Å². The van der Waals surface area contributed by atoms with Gasteiger partial charge in [0.1, 0.15) is 0 Å². The van der Waals surface area contributed by atoms with Crippen LogP contribution in [-0.4, -0.2) is 43.0 Å². The Kier molecular flexibility index (Phi) is 3.57. The highest BCUT2D eigenvalue weighted by Gasteiger charge is 2.44. The molecule has 2 heterocycles. The first-order chi connectivity index (χ1) is 10.3. The molecule has 1 saturated carbocycles. The third-order valence-electron chi connectivity index (χ3n) is 5.00. The number of hydrogen-bond donors (Lipinski definition) is 0. The SMILES string of the molecule is C(=C1CC2(CCC1N1CCC1)OCCO2)c1ccccc1. The summed E-state index contributed by atoms with van der Waals surface area (Å²) < 4.78 is 11.9. The van der Waals surface area contributed by atoms with Gasteiger partial charge >= 0.3 is 0 Å². The van der Waals surface area contributed by atoms with Gasteiger partial charge in [0.15, 0.2) is 5.79 Å². The lowest BCUT2D eigenvalue weighted by atomic mass is 9.82. The van der Waals surface area contributed by atoms with Crippen LogP contribution in [0.1, 0.15) is 31.2 Å². The van der Waals surface area contributed by atoms with E-state index in [1.165, 1.54) is 30.6 Å². The summed E-state index contributed by atoms with van der Waals surface area (Å²) in [6.07, 6.45) is 6.80. The number of rotatable bonds is 2. The van der Waals surface area contributed by atoms with Crippen molar-refractivity contribution in [2.45, 2.75) is 37.5 Å². The molecule has 3 nitrogen and oxygen atoms in total. The van der Waals surface area contributed by atoms with Crippen LogP contribution in [0.4, 0.5) is 0 Å². The average Bonchev–Trinajstić information content (AvgIpc) is 2.89. The lowest BCUT2D eigenvalue weighted by Gasteiger charge is -2.45. The molecule has 0 radical (unpaired) electrons. The number of likely N-dealkylation sites (tertiary alicyclic amines) is 1. The molecule has 0 bridgehead atoms. The van der Waals surface area contributed by atoms with Crippen molar-refractivity contribution in [3.63, 3.8) is 0 Å². The van der Waals surface area contributed by atoms with E-state index in [1.807, 2.05) is 0 Å². The topological polar surface area (TPSA) is 21.7 Å². The second-order valence-electron chi connectivity index (χ2n) is 6.36. The number of hydrogen-bond acceptors (Lipinski definition) is 3. The number of nitrogens with zero attached hydrogens (tertiary/aromatic N) is 1. The first-order valence-corrected chi connectivity index (χ1v) is 8.12. The lowest BCUT2D eigenvalue weighted by Crippen LogP contribution is -2.50. The highest BCUT2D eigenvalue weighted by molar-refractivity contribution is 5.54. The minimum Gasteiger partial charge on any atom is -0.347 e. The molecule has 2 saturated heterocycles. The van der Waals surface area contributed by atoms with Gasteiger partial charge in [0.05, 0.1) is 13.2 Å². The van der Waals surface area contributed by atoms with Gasteiger partial charge in [-0.05, 0) is 37.1 Å². The highest BCUT2D eigenvalue weighted by atomic mass is 16.7. The van der Waals surface area contributed by atoms with E-state index in [2.05, 4.69) is 41.3 Å². The van der Waals surface area contributed by atoms with Crippen LogP contribution in [0.5, 0.6) is 0 Å². The summed E-state index contributed by atoms with van der Waals surface area (Å²) in [7, 11) is 0. The first-order valence-electron chi connectivity index (χ1n) is 8.12. The Balaban J connectivity index is 1.62. The third kappa shape index (κ3) is 2.66. The number of ether oxygens (including phenoxy) is 2. The van der Waals surface area contributed by atoms with E-state index < -0.39 is 0 Å². The van der Waals surface area contributed by atoms with Gasteiger partial charge in [-0.15, -0.1) is 0 Å². The van der Waals surface area contributed by atoms with Gasteiger partial charge in [-0.25, -0.2) is 0 Å². The highest BCUT2D eigenvalue weighted by Crippen LogP contribution is 2.41. The maximum Gasteiger partial charge on any atom is 0.172 e. The summed E-state index contributed by atoms with van der Waals surface area (Å²) in [5.41, 5.74) is 2.77. The zero-order valence-electron chi connectivity index (χ0n) is 12.5. The zero-order valence-corrected chi connectivity index (χ0v) is 12.5. The molecule has 1 unspecified atom stereocenters. The van der Waals surface area contributed by atoms with Crippen LogP contribution < -0.4 is 0 Å². The van der Waals surface area contributed by atoms with Crippen molar-refractivity contribution in [3.8, 4) is 0 Å². The minimum absolute atomic E-state index is 0.331. The molecule has 21 heavy (non-hydrogen) atoms. The van der Waals surface area contributed by atoms with E-state index >= 15 is 0 Å². The third-order valence-corrected chi connectivity index (χ3v) is 5.00. The molecule has 112 valence electrons. The van der Waals surface area contributed by atoms with E-state index in [4.69, 9.17) is 9.47 Å². The van der Waals surface area contributed by atoms with Gasteiger partial charge in [-0.3, -0.25) is 4.90 Å². The second-order valence-corrected chi connectivity index (χ2v) is 6.36. The Labute approximate surface area is 126 Å². The van der Waals surface area contributed by atoms with Crippen molar-refractivity contribution in [2.24, 2.45) is 0 Å². The fourth-order valence-electron chi connectivity index (χ4n) is 3.78. The molecule has 1 aliphatic carbocycles. The van der Waals surface area contributed by atoms with Crippen molar-refractivity contribution in [3.05, 3.63) is 41.5 Å². The summed E-state index contributed by atoms with van der Waals surface area (Å²) in [5, 5.41) is 0. The molecule has 3 aliphatic rings. The van der Waals surface area contributed by atoms with Crippen LogP contribution >= 0.6 is 0 Å². The predicted molar refractivity (Wildman–Crippen MR) is 82.9 cm³/mol. The maximum absolute atomic E-state index is 5.95. The molecule has 1 spiro atoms. The summed E-state index contributed by atoms with van der Waals surface area (Å²) in [6.45, 7) is 3.97. The van der Waals surface area contributed by atoms with Crippen molar-refractivity contribution in [1.82, 2.24) is 4.90 Å². The van der Waals surface area contributed by atoms with Gasteiger partial charge < -0.3 is 9.47 Å². The zero-order chi connectivity index (χ0) is 14.1. The van der Waals surface area contributed by atoms with Crippen molar-refractivity contribution in [2.75, 3.05) is 26.3 Å². The molecule has 4 rings (SSSR count). The van der Waals surface area contributed by atoms with E-state index in [-0.39, 0.29) is 5.79 Å². The molecule has 1 atom stereocenters. The van der Waals surface area contributed by atoms with Crippen LogP contribution in [0.3, 0.4) is 0 Å². The van der Waals surface area contributed by atoms with Gasteiger partial charge in [-0.1, -0.05) is 36.4 Å². The monoisotopic (exact) mass is 285 g/mol. The standard InChI is InChI=1S/C18H23NO2/c1-2-5-15(6-3-1)13-16-14-18(20-11-12-21-18)8-7-17(16)19-9-4-10-19/h1-3,5-6,13,17H,4,7-12,14H2. The summed E-state index contributed by atoms with van der Waals surface area (Å²) in [6, 6.07) is 11.2. The average molecular weight is 285 g/mol. The molecule has 1 aromatic carbocycles. The van der Waals surface area contributed by atoms with Gasteiger partial charge in [0.25, 0.3) is 0 Å². The Morgan fingerprint density at radius 1 is 1.10 bits per heavy atom. The molecular formula is C18H23NO2. The summed E-state index contributed by atoms with van der Waals surface area (Å²) in [5.74, 6) is -0.331. The second kappa shape index (κ2) is 5.56. The minimum atomic E-state index is -0.331.